The van der Waals surface area contributed by atoms with E-state index in [1.807, 2.05) is 13.0 Å². The van der Waals surface area contributed by atoms with Gasteiger partial charge in [-0.2, -0.15) is 0 Å². The van der Waals surface area contributed by atoms with Crippen molar-refractivity contribution in [1.82, 2.24) is 0 Å². The first-order valence-electron chi connectivity index (χ1n) is 5.38. The topological polar surface area (TPSA) is 63.4 Å². The molecular formula is C13H14N2O2. The average Bonchev–Trinajstić information content (AvgIpc) is 2.54. The standard InChI is InChI=1S/C13H14N2O2/c1-8-3-4-11-10(5-8)12(16)13(17)15(11)7-9(2)6-14/h3-5H,2,6-7,14H2,1H3. The minimum Gasteiger partial charge on any atom is -0.327 e. The summed E-state index contributed by atoms with van der Waals surface area (Å²) < 4.78 is 0. The zero-order chi connectivity index (χ0) is 12.6. The van der Waals surface area contributed by atoms with Crippen molar-refractivity contribution in [2.24, 2.45) is 5.73 Å². The number of fused-ring (bicyclic) bond motifs is 1. The van der Waals surface area contributed by atoms with Gasteiger partial charge in [0.15, 0.2) is 0 Å². The third kappa shape index (κ3) is 1.87. The largest absolute Gasteiger partial charge is 0.327 e. The molecule has 0 aliphatic carbocycles. The molecule has 2 N–H and O–H groups in total. The Morgan fingerprint density at radius 2 is 2.12 bits per heavy atom. The molecule has 1 amide bonds. The van der Waals surface area contributed by atoms with Gasteiger partial charge in [-0.3, -0.25) is 9.59 Å². The molecule has 1 aromatic rings. The predicted octanol–water partition coefficient (Wildman–Crippen LogP) is 1.04. The van der Waals surface area contributed by atoms with Gasteiger partial charge < -0.3 is 10.6 Å². The maximum atomic E-state index is 11.8. The van der Waals surface area contributed by atoms with Gasteiger partial charge in [0.05, 0.1) is 11.3 Å². The van der Waals surface area contributed by atoms with Gasteiger partial charge in [0, 0.05) is 13.1 Å². The Balaban J connectivity index is 2.41. The van der Waals surface area contributed by atoms with E-state index >= 15 is 0 Å². The van der Waals surface area contributed by atoms with Gasteiger partial charge in [0.1, 0.15) is 0 Å². The molecule has 0 atom stereocenters. The van der Waals surface area contributed by atoms with Crippen LogP contribution < -0.4 is 10.6 Å². The summed E-state index contributed by atoms with van der Waals surface area (Å²) in [5.74, 6) is -0.950. The highest BCUT2D eigenvalue weighted by atomic mass is 16.2. The lowest BCUT2D eigenvalue weighted by Crippen LogP contribution is -2.32. The molecule has 2 rings (SSSR count). The van der Waals surface area contributed by atoms with Crippen molar-refractivity contribution >= 4 is 17.4 Å². The van der Waals surface area contributed by atoms with E-state index in [1.54, 1.807) is 12.1 Å². The van der Waals surface area contributed by atoms with Crippen LogP contribution in [0.2, 0.25) is 0 Å². The second kappa shape index (κ2) is 4.14. The van der Waals surface area contributed by atoms with Crippen LogP contribution in [0.5, 0.6) is 0 Å². The molecule has 1 aliphatic heterocycles. The number of amides is 1. The molecule has 1 heterocycles. The molecule has 0 saturated carbocycles. The summed E-state index contributed by atoms with van der Waals surface area (Å²) in [6.45, 7) is 6.25. The molecule has 0 spiro atoms. The van der Waals surface area contributed by atoms with Gasteiger partial charge in [-0.1, -0.05) is 18.2 Å². The Labute approximate surface area is 99.7 Å². The summed E-state index contributed by atoms with van der Waals surface area (Å²) in [4.78, 5) is 25.0. The van der Waals surface area contributed by atoms with Gasteiger partial charge in [0.2, 0.25) is 0 Å². The summed E-state index contributed by atoms with van der Waals surface area (Å²) in [5.41, 5.74) is 8.26. The van der Waals surface area contributed by atoms with E-state index < -0.39 is 11.7 Å². The number of nitrogens with zero attached hydrogens (tertiary/aromatic N) is 1. The van der Waals surface area contributed by atoms with Crippen LogP contribution in [0.25, 0.3) is 0 Å². The number of carbonyl (C=O) groups is 2. The summed E-state index contributed by atoms with van der Waals surface area (Å²) in [6.07, 6.45) is 0. The fourth-order valence-electron chi connectivity index (χ4n) is 1.86. The van der Waals surface area contributed by atoms with Crippen molar-refractivity contribution in [2.75, 3.05) is 18.0 Å². The molecule has 17 heavy (non-hydrogen) atoms. The fraction of sp³-hybridized carbons (Fsp3) is 0.231. The van der Waals surface area contributed by atoms with Crippen LogP contribution in [-0.4, -0.2) is 24.8 Å². The summed E-state index contributed by atoms with van der Waals surface area (Å²) in [7, 11) is 0. The van der Waals surface area contributed by atoms with Gasteiger partial charge in [0.25, 0.3) is 11.7 Å². The van der Waals surface area contributed by atoms with Gasteiger partial charge in [-0.25, -0.2) is 0 Å². The molecule has 4 heteroatoms. The minimum atomic E-state index is -0.500. The van der Waals surface area contributed by atoms with E-state index in [0.29, 0.717) is 24.3 Å². The number of Topliss-reactive ketones (excluding diaryl/α,β-unsaturated/α-hetero) is 1. The third-order valence-electron chi connectivity index (χ3n) is 2.80. The van der Waals surface area contributed by atoms with Gasteiger partial charge >= 0.3 is 0 Å². The number of aryl methyl sites for hydroxylation is 1. The molecule has 0 saturated heterocycles. The highest BCUT2D eigenvalue weighted by Crippen LogP contribution is 2.29. The van der Waals surface area contributed by atoms with Crippen molar-refractivity contribution < 1.29 is 9.59 Å². The second-order valence-corrected chi connectivity index (χ2v) is 4.20. The summed E-state index contributed by atoms with van der Waals surface area (Å²) in [5, 5.41) is 0. The number of hydrogen-bond donors (Lipinski definition) is 1. The molecule has 1 aliphatic rings. The Hall–Kier alpha value is -1.94. The molecule has 88 valence electrons. The van der Waals surface area contributed by atoms with Crippen LogP contribution >= 0.6 is 0 Å². The molecule has 4 nitrogen and oxygen atoms in total. The minimum absolute atomic E-state index is 0.303. The van der Waals surface area contributed by atoms with Crippen LogP contribution in [-0.2, 0) is 4.79 Å². The molecule has 0 aromatic heterocycles. The van der Waals surface area contributed by atoms with Crippen molar-refractivity contribution in [3.8, 4) is 0 Å². The molecule has 1 aromatic carbocycles. The Morgan fingerprint density at radius 3 is 2.76 bits per heavy atom. The zero-order valence-corrected chi connectivity index (χ0v) is 9.69. The first-order valence-corrected chi connectivity index (χ1v) is 5.38. The lowest BCUT2D eigenvalue weighted by molar-refractivity contribution is -0.114. The number of hydrogen-bond acceptors (Lipinski definition) is 3. The van der Waals surface area contributed by atoms with Gasteiger partial charge in [-0.05, 0) is 24.6 Å². The van der Waals surface area contributed by atoms with E-state index in [9.17, 15) is 9.59 Å². The van der Waals surface area contributed by atoms with E-state index in [2.05, 4.69) is 6.58 Å². The molecular weight excluding hydrogens is 216 g/mol. The first kappa shape index (κ1) is 11.5. The quantitative estimate of drug-likeness (QED) is 0.623. The number of carbonyl (C=O) groups excluding carboxylic acids is 2. The highest BCUT2D eigenvalue weighted by Gasteiger charge is 2.35. The lowest BCUT2D eigenvalue weighted by Gasteiger charge is -2.17. The Morgan fingerprint density at radius 1 is 1.41 bits per heavy atom. The Kier molecular flexibility index (Phi) is 2.81. The monoisotopic (exact) mass is 230 g/mol. The van der Waals surface area contributed by atoms with Crippen LogP contribution in [0.3, 0.4) is 0 Å². The highest BCUT2D eigenvalue weighted by molar-refractivity contribution is 6.52. The van der Waals surface area contributed by atoms with E-state index in [4.69, 9.17) is 5.73 Å². The van der Waals surface area contributed by atoms with Crippen molar-refractivity contribution in [2.45, 2.75) is 6.92 Å². The SMILES string of the molecule is C=C(CN)CN1C(=O)C(=O)c2cc(C)ccc21. The zero-order valence-electron chi connectivity index (χ0n) is 9.69. The number of anilines is 1. The number of benzene rings is 1. The van der Waals surface area contributed by atoms with Crippen LogP contribution in [0.15, 0.2) is 30.4 Å². The summed E-state index contributed by atoms with van der Waals surface area (Å²) in [6, 6.07) is 5.40. The van der Waals surface area contributed by atoms with E-state index in [1.165, 1.54) is 4.90 Å². The first-order chi connectivity index (χ1) is 8.04. The Bertz CT molecular complexity index is 520. The number of rotatable bonds is 3. The van der Waals surface area contributed by atoms with Crippen molar-refractivity contribution in [3.63, 3.8) is 0 Å². The number of nitrogens with two attached hydrogens (primary N) is 1. The second-order valence-electron chi connectivity index (χ2n) is 4.20. The number of ketones is 1. The van der Waals surface area contributed by atoms with E-state index in [-0.39, 0.29) is 0 Å². The molecule has 0 unspecified atom stereocenters. The molecule has 0 fully saturated rings. The smallest absolute Gasteiger partial charge is 0.299 e. The maximum absolute atomic E-state index is 11.8. The lowest BCUT2D eigenvalue weighted by atomic mass is 10.1. The van der Waals surface area contributed by atoms with Crippen molar-refractivity contribution in [3.05, 3.63) is 41.5 Å². The van der Waals surface area contributed by atoms with Gasteiger partial charge in [-0.15, -0.1) is 0 Å². The predicted molar refractivity (Wildman–Crippen MR) is 66.1 cm³/mol. The maximum Gasteiger partial charge on any atom is 0.299 e. The van der Waals surface area contributed by atoms with Crippen LogP contribution in [0.4, 0.5) is 5.69 Å². The molecule has 0 radical (unpaired) electrons. The van der Waals surface area contributed by atoms with Crippen LogP contribution in [0, 0.1) is 6.92 Å². The third-order valence-corrected chi connectivity index (χ3v) is 2.80. The van der Waals surface area contributed by atoms with Crippen molar-refractivity contribution in [1.29, 1.82) is 0 Å². The molecule has 0 bridgehead atoms. The van der Waals surface area contributed by atoms with Crippen LogP contribution in [0.1, 0.15) is 15.9 Å². The van der Waals surface area contributed by atoms with E-state index in [0.717, 1.165) is 11.1 Å². The summed E-state index contributed by atoms with van der Waals surface area (Å²) >= 11 is 0. The fourth-order valence-corrected chi connectivity index (χ4v) is 1.86. The normalized spacial score (nSPS) is 14.1. The average molecular weight is 230 g/mol.